The number of carboxylic acids is 1. The van der Waals surface area contributed by atoms with Crippen LogP contribution in [-0.4, -0.2) is 51.2 Å². The van der Waals surface area contributed by atoms with E-state index in [1.807, 2.05) is 13.8 Å². The molecule has 2 atom stereocenters. The van der Waals surface area contributed by atoms with Crippen LogP contribution in [0.3, 0.4) is 0 Å². The van der Waals surface area contributed by atoms with E-state index >= 15 is 0 Å². The first-order valence-corrected chi connectivity index (χ1v) is 11.3. The Kier molecular flexibility index (Phi) is 10.9. The summed E-state index contributed by atoms with van der Waals surface area (Å²) in [6.07, 6.45) is 0.410. The fourth-order valence-electron chi connectivity index (χ4n) is 1.35. The van der Waals surface area contributed by atoms with Gasteiger partial charge in [0.1, 0.15) is 4.75 Å². The van der Waals surface area contributed by atoms with Crippen molar-refractivity contribution in [2.75, 3.05) is 24.6 Å². The molecule has 0 aromatic rings. The average molecular weight is 374 g/mol. The minimum Gasteiger partial charge on any atom is -0.480 e. The van der Waals surface area contributed by atoms with Gasteiger partial charge in [-0.3, -0.25) is 4.79 Å². The zero-order chi connectivity index (χ0) is 16.5. The Morgan fingerprint density at radius 2 is 1.57 bits per heavy atom. The van der Waals surface area contributed by atoms with E-state index in [9.17, 15) is 9.90 Å². The molecule has 0 saturated heterocycles. The van der Waals surface area contributed by atoms with Crippen molar-refractivity contribution in [2.45, 2.75) is 42.7 Å². The summed E-state index contributed by atoms with van der Waals surface area (Å²) in [5.74, 6) is 0.758. The lowest BCUT2D eigenvalue weighted by atomic mass is 9.93. The monoisotopic (exact) mass is 373 g/mol. The Morgan fingerprint density at radius 3 is 2.00 bits per heavy atom. The van der Waals surface area contributed by atoms with Crippen molar-refractivity contribution in [3.63, 3.8) is 0 Å². The highest BCUT2D eigenvalue weighted by molar-refractivity contribution is 8.77. The molecule has 0 amide bonds. The maximum Gasteiger partial charge on any atom is 0.320 e. The topological polar surface area (TPSA) is 115 Å². The van der Waals surface area contributed by atoms with Gasteiger partial charge in [0, 0.05) is 35.4 Å². The number of hydrogen-bond acceptors (Lipinski definition) is 8. The summed E-state index contributed by atoms with van der Waals surface area (Å²) in [6.45, 7) is 6.99. The van der Waals surface area contributed by atoms with Gasteiger partial charge in [-0.1, -0.05) is 43.2 Å². The molecule has 0 fully saturated rings. The molecule has 9 heteroatoms. The van der Waals surface area contributed by atoms with Gasteiger partial charge in [0.25, 0.3) is 0 Å². The predicted octanol–water partition coefficient (Wildman–Crippen LogP) is 2.01. The van der Waals surface area contributed by atoms with E-state index in [0.717, 1.165) is 11.5 Å². The molecule has 5 nitrogen and oxygen atoms in total. The van der Waals surface area contributed by atoms with E-state index in [0.29, 0.717) is 19.5 Å². The van der Waals surface area contributed by atoms with Crippen LogP contribution in [0.2, 0.25) is 0 Å². The number of nitrogens with two attached hydrogens (primary N) is 3. The number of aliphatic carboxylic acids is 1. The largest absolute Gasteiger partial charge is 0.480 e. The number of rotatable bonds is 12. The molecular formula is C12H27N3O2S4. The molecule has 0 saturated carbocycles. The van der Waals surface area contributed by atoms with Crippen LogP contribution >= 0.6 is 43.2 Å². The second-order valence-electron chi connectivity index (χ2n) is 5.34. The van der Waals surface area contributed by atoms with Crippen molar-refractivity contribution in [1.82, 2.24) is 0 Å². The van der Waals surface area contributed by atoms with Crippen LogP contribution in [0.4, 0.5) is 0 Å². The van der Waals surface area contributed by atoms with Gasteiger partial charge < -0.3 is 22.3 Å². The fourth-order valence-corrected chi connectivity index (χ4v) is 6.35. The van der Waals surface area contributed by atoms with Crippen LogP contribution < -0.4 is 17.2 Å². The summed E-state index contributed by atoms with van der Waals surface area (Å²) in [5, 5.41) is 9.51. The van der Waals surface area contributed by atoms with E-state index in [1.165, 1.54) is 21.6 Å². The van der Waals surface area contributed by atoms with Gasteiger partial charge in [-0.05, 0) is 27.2 Å². The maximum absolute atomic E-state index is 11.6. The number of carboxylic acid groups (broad SMARTS) is 1. The van der Waals surface area contributed by atoms with E-state index in [4.69, 9.17) is 17.2 Å². The van der Waals surface area contributed by atoms with Gasteiger partial charge in [-0.25, -0.2) is 0 Å². The molecule has 0 heterocycles. The predicted molar refractivity (Wildman–Crippen MR) is 101 cm³/mol. The second kappa shape index (κ2) is 10.5. The zero-order valence-electron chi connectivity index (χ0n) is 12.8. The summed E-state index contributed by atoms with van der Waals surface area (Å²) in [7, 11) is 6.19. The summed E-state index contributed by atoms with van der Waals surface area (Å²) in [6, 6.07) is -0.222. The Bertz CT molecular complexity index is 321. The summed E-state index contributed by atoms with van der Waals surface area (Å²) in [5.41, 5.74) is 17.2. The molecule has 2 unspecified atom stereocenters. The van der Waals surface area contributed by atoms with Gasteiger partial charge in [0.05, 0.1) is 0 Å². The Hall–Kier alpha value is 0.750. The minimum atomic E-state index is -0.907. The van der Waals surface area contributed by atoms with Gasteiger partial charge in [-0.2, -0.15) is 0 Å². The molecule has 0 aromatic carbocycles. The summed E-state index contributed by atoms with van der Waals surface area (Å²) >= 11 is 0. The van der Waals surface area contributed by atoms with Crippen LogP contribution in [0.1, 0.15) is 27.2 Å². The first-order chi connectivity index (χ1) is 9.69. The average Bonchev–Trinajstić information content (AvgIpc) is 2.38. The quantitative estimate of drug-likeness (QED) is 0.301. The van der Waals surface area contributed by atoms with E-state index in [-0.39, 0.29) is 10.8 Å². The Morgan fingerprint density at radius 1 is 1.10 bits per heavy atom. The summed E-state index contributed by atoms with van der Waals surface area (Å²) in [4.78, 5) is 11.6. The summed E-state index contributed by atoms with van der Waals surface area (Å²) < 4.78 is -1.12. The smallest absolute Gasteiger partial charge is 0.320 e. The molecule has 7 N–H and O–H groups in total. The molecule has 0 aliphatic heterocycles. The lowest BCUT2D eigenvalue weighted by molar-refractivity contribution is -0.139. The first kappa shape index (κ1) is 21.8. The molecule has 0 spiro atoms. The molecule has 0 radical (unpaired) electrons. The van der Waals surface area contributed by atoms with Crippen molar-refractivity contribution in [1.29, 1.82) is 0 Å². The van der Waals surface area contributed by atoms with E-state index in [1.54, 1.807) is 28.5 Å². The minimum absolute atomic E-state index is 0.213. The van der Waals surface area contributed by atoms with Crippen molar-refractivity contribution in [3.05, 3.63) is 0 Å². The molecule has 0 aliphatic carbocycles. The highest BCUT2D eigenvalue weighted by atomic mass is 33.1. The van der Waals surface area contributed by atoms with Crippen molar-refractivity contribution >= 4 is 49.1 Å². The molecule has 0 rings (SSSR count). The third kappa shape index (κ3) is 8.24. The standard InChI is InChI=1S/C12H27N3O2S4/c1-11(2,20-18-6-4-13)9(15)8-12(3,10(16)17)21-19-7-5-14/h9H,4-8,13-15H2,1-3H3,(H,16,17). The van der Waals surface area contributed by atoms with Crippen LogP contribution in [-0.2, 0) is 4.79 Å². The fraction of sp³-hybridized carbons (Fsp3) is 0.917. The van der Waals surface area contributed by atoms with Crippen molar-refractivity contribution in [2.24, 2.45) is 17.2 Å². The molecule has 126 valence electrons. The molecule has 21 heavy (non-hydrogen) atoms. The maximum atomic E-state index is 11.6. The van der Waals surface area contributed by atoms with Gasteiger partial charge in [0.2, 0.25) is 0 Å². The lowest BCUT2D eigenvalue weighted by Crippen LogP contribution is -2.47. The highest BCUT2D eigenvalue weighted by Gasteiger charge is 2.40. The van der Waals surface area contributed by atoms with Crippen molar-refractivity contribution < 1.29 is 9.90 Å². The molecular weight excluding hydrogens is 346 g/mol. The molecule has 0 bridgehead atoms. The van der Waals surface area contributed by atoms with Crippen LogP contribution in [0, 0.1) is 0 Å². The zero-order valence-corrected chi connectivity index (χ0v) is 16.1. The first-order valence-electron chi connectivity index (χ1n) is 6.70. The lowest BCUT2D eigenvalue weighted by Gasteiger charge is -2.35. The van der Waals surface area contributed by atoms with Gasteiger partial charge in [-0.15, -0.1) is 0 Å². The SMILES string of the molecule is CC(CC(N)C(C)(C)SSCCN)(SSCCN)C(=O)O. The molecule has 0 aliphatic rings. The van der Waals surface area contributed by atoms with E-state index in [2.05, 4.69) is 0 Å². The Labute approximate surface area is 143 Å². The Balaban J connectivity index is 4.64. The van der Waals surface area contributed by atoms with Crippen LogP contribution in [0.25, 0.3) is 0 Å². The number of carbonyl (C=O) groups is 1. The van der Waals surface area contributed by atoms with Crippen LogP contribution in [0.15, 0.2) is 0 Å². The van der Waals surface area contributed by atoms with E-state index < -0.39 is 10.7 Å². The highest BCUT2D eigenvalue weighted by Crippen LogP contribution is 2.44. The third-order valence-electron chi connectivity index (χ3n) is 2.87. The number of hydrogen-bond donors (Lipinski definition) is 4. The molecule has 0 aromatic heterocycles. The van der Waals surface area contributed by atoms with Gasteiger partial charge in [0.15, 0.2) is 0 Å². The van der Waals surface area contributed by atoms with Crippen LogP contribution in [0.5, 0.6) is 0 Å². The van der Waals surface area contributed by atoms with Gasteiger partial charge >= 0.3 is 5.97 Å². The second-order valence-corrected chi connectivity index (χ2v) is 11.3. The van der Waals surface area contributed by atoms with Crippen molar-refractivity contribution in [3.8, 4) is 0 Å². The third-order valence-corrected chi connectivity index (χ3v) is 9.45. The normalized spacial score (nSPS) is 16.5.